The van der Waals surface area contributed by atoms with Gasteiger partial charge in [0, 0.05) is 42.7 Å². The molecular weight excluding hydrogens is 378 g/mol. The van der Waals surface area contributed by atoms with Gasteiger partial charge in [-0.05, 0) is 24.3 Å². The van der Waals surface area contributed by atoms with Gasteiger partial charge in [0.15, 0.2) is 0 Å². The average Bonchev–Trinajstić information content (AvgIpc) is 3.14. The van der Waals surface area contributed by atoms with E-state index in [0.717, 1.165) is 58.7 Å². The van der Waals surface area contributed by atoms with Crippen molar-refractivity contribution < 1.29 is 14.3 Å². The third-order valence-corrected chi connectivity index (χ3v) is 5.96. The van der Waals surface area contributed by atoms with Gasteiger partial charge in [0.1, 0.15) is 5.75 Å². The molecule has 1 fully saturated rings. The number of carbonyl (C=O) groups excluding carboxylic acids is 1. The second-order valence-corrected chi connectivity index (χ2v) is 7.71. The highest BCUT2D eigenvalue weighted by Gasteiger charge is 2.34. The summed E-state index contributed by atoms with van der Waals surface area (Å²) >= 11 is 0. The average molecular weight is 403 g/mol. The SMILES string of the molecule is COc1ccc(N2CCOCC2)c2c1CN(CCc1ccc3ccccc3n1)C2=O. The van der Waals surface area contributed by atoms with Crippen LogP contribution in [0, 0.1) is 0 Å². The van der Waals surface area contributed by atoms with Crippen LogP contribution in [0.1, 0.15) is 21.6 Å². The maximum Gasteiger partial charge on any atom is 0.256 e. The number of aromatic nitrogens is 1. The number of para-hydroxylation sites is 1. The monoisotopic (exact) mass is 403 g/mol. The smallest absolute Gasteiger partial charge is 0.256 e. The van der Waals surface area contributed by atoms with E-state index in [1.165, 1.54) is 0 Å². The normalized spacial score (nSPS) is 16.2. The van der Waals surface area contributed by atoms with Crippen molar-refractivity contribution >= 4 is 22.5 Å². The topological polar surface area (TPSA) is 54.9 Å². The van der Waals surface area contributed by atoms with Crippen LogP contribution in [0.5, 0.6) is 5.75 Å². The lowest BCUT2D eigenvalue weighted by molar-refractivity contribution is 0.0779. The number of hydrogen-bond donors (Lipinski definition) is 0. The molecule has 1 amide bonds. The van der Waals surface area contributed by atoms with E-state index in [9.17, 15) is 4.79 Å². The van der Waals surface area contributed by atoms with Crippen LogP contribution in [0.3, 0.4) is 0 Å². The van der Waals surface area contributed by atoms with Crippen LogP contribution in [0.4, 0.5) is 5.69 Å². The van der Waals surface area contributed by atoms with E-state index in [1.54, 1.807) is 7.11 Å². The Hall–Kier alpha value is -3.12. The molecule has 0 aliphatic carbocycles. The van der Waals surface area contributed by atoms with Gasteiger partial charge in [-0.25, -0.2) is 0 Å². The van der Waals surface area contributed by atoms with Gasteiger partial charge in [-0.15, -0.1) is 0 Å². The van der Waals surface area contributed by atoms with Gasteiger partial charge in [-0.2, -0.15) is 0 Å². The Bertz CT molecular complexity index is 1090. The Morgan fingerprint density at radius 2 is 1.90 bits per heavy atom. The highest BCUT2D eigenvalue weighted by molar-refractivity contribution is 6.04. The third kappa shape index (κ3) is 3.37. The molecule has 0 N–H and O–H groups in total. The van der Waals surface area contributed by atoms with Crippen molar-refractivity contribution in [2.75, 3.05) is 44.9 Å². The number of pyridine rings is 1. The number of rotatable bonds is 5. The number of carbonyl (C=O) groups is 1. The molecule has 0 radical (unpaired) electrons. The van der Waals surface area contributed by atoms with Crippen molar-refractivity contribution in [3.05, 3.63) is 65.4 Å². The zero-order valence-corrected chi connectivity index (χ0v) is 17.1. The molecule has 2 aromatic carbocycles. The number of amides is 1. The molecular formula is C24H25N3O3. The second kappa shape index (κ2) is 7.95. The van der Waals surface area contributed by atoms with Gasteiger partial charge in [-0.3, -0.25) is 9.78 Å². The maximum atomic E-state index is 13.4. The highest BCUT2D eigenvalue weighted by atomic mass is 16.5. The van der Waals surface area contributed by atoms with Gasteiger partial charge >= 0.3 is 0 Å². The van der Waals surface area contributed by atoms with Crippen molar-refractivity contribution in [1.82, 2.24) is 9.88 Å². The quantitative estimate of drug-likeness (QED) is 0.654. The molecule has 0 unspecified atom stereocenters. The highest BCUT2D eigenvalue weighted by Crippen LogP contribution is 2.38. The predicted octanol–water partition coefficient (Wildman–Crippen LogP) is 3.28. The predicted molar refractivity (Wildman–Crippen MR) is 116 cm³/mol. The lowest BCUT2D eigenvalue weighted by Crippen LogP contribution is -2.37. The number of ether oxygens (including phenoxy) is 2. The molecule has 1 aromatic heterocycles. The number of hydrogen-bond acceptors (Lipinski definition) is 5. The number of morpholine rings is 1. The van der Waals surface area contributed by atoms with Gasteiger partial charge in [0.2, 0.25) is 0 Å². The fraction of sp³-hybridized carbons (Fsp3) is 0.333. The Kier molecular flexibility index (Phi) is 5.01. The molecule has 6 heteroatoms. The summed E-state index contributed by atoms with van der Waals surface area (Å²) < 4.78 is 11.1. The summed E-state index contributed by atoms with van der Waals surface area (Å²) in [5, 5.41) is 1.13. The lowest BCUT2D eigenvalue weighted by atomic mass is 10.1. The maximum absolute atomic E-state index is 13.4. The summed E-state index contributed by atoms with van der Waals surface area (Å²) in [6.45, 7) is 4.17. The summed E-state index contributed by atoms with van der Waals surface area (Å²) in [5.74, 6) is 0.855. The first kappa shape index (κ1) is 18.9. The molecule has 0 spiro atoms. The van der Waals surface area contributed by atoms with E-state index in [2.05, 4.69) is 23.1 Å². The minimum absolute atomic E-state index is 0.0752. The number of methoxy groups -OCH3 is 1. The van der Waals surface area contributed by atoms with Crippen LogP contribution < -0.4 is 9.64 Å². The van der Waals surface area contributed by atoms with Crippen LogP contribution >= 0.6 is 0 Å². The van der Waals surface area contributed by atoms with E-state index in [-0.39, 0.29) is 5.91 Å². The zero-order valence-electron chi connectivity index (χ0n) is 17.1. The van der Waals surface area contributed by atoms with Crippen molar-refractivity contribution in [3.8, 4) is 5.75 Å². The number of fused-ring (bicyclic) bond motifs is 2. The van der Waals surface area contributed by atoms with E-state index >= 15 is 0 Å². The molecule has 3 aromatic rings. The number of anilines is 1. The molecule has 2 aliphatic rings. The van der Waals surface area contributed by atoms with Gasteiger partial charge in [0.05, 0.1) is 43.6 Å². The van der Waals surface area contributed by atoms with Crippen LogP contribution in [0.25, 0.3) is 10.9 Å². The summed E-state index contributed by atoms with van der Waals surface area (Å²) in [4.78, 5) is 22.3. The minimum atomic E-state index is 0.0752. The van der Waals surface area contributed by atoms with Gasteiger partial charge < -0.3 is 19.3 Å². The Morgan fingerprint density at radius 3 is 2.73 bits per heavy atom. The fourth-order valence-corrected chi connectivity index (χ4v) is 4.37. The molecule has 0 bridgehead atoms. The van der Waals surface area contributed by atoms with E-state index in [1.807, 2.05) is 35.2 Å². The van der Waals surface area contributed by atoms with E-state index in [4.69, 9.17) is 14.5 Å². The van der Waals surface area contributed by atoms with Crippen molar-refractivity contribution in [3.63, 3.8) is 0 Å². The van der Waals surface area contributed by atoms with E-state index < -0.39 is 0 Å². The molecule has 1 saturated heterocycles. The minimum Gasteiger partial charge on any atom is -0.496 e. The summed E-state index contributed by atoms with van der Waals surface area (Å²) in [5.41, 5.74) is 4.74. The summed E-state index contributed by atoms with van der Waals surface area (Å²) in [6, 6.07) is 16.2. The van der Waals surface area contributed by atoms with Crippen molar-refractivity contribution in [1.29, 1.82) is 0 Å². The first-order chi connectivity index (χ1) is 14.7. The molecule has 3 heterocycles. The fourth-order valence-electron chi connectivity index (χ4n) is 4.37. The Morgan fingerprint density at radius 1 is 1.07 bits per heavy atom. The van der Waals surface area contributed by atoms with Crippen molar-refractivity contribution in [2.24, 2.45) is 0 Å². The molecule has 30 heavy (non-hydrogen) atoms. The molecule has 6 nitrogen and oxygen atoms in total. The first-order valence-corrected chi connectivity index (χ1v) is 10.4. The standard InChI is InChI=1S/C24H25N3O3/c1-29-22-9-8-21(26-12-14-30-15-13-26)23-19(22)16-27(24(23)28)11-10-18-7-6-17-4-2-3-5-20(17)25-18/h2-9H,10-16H2,1H3. The largest absolute Gasteiger partial charge is 0.496 e. The Balaban J connectivity index is 1.38. The first-order valence-electron chi connectivity index (χ1n) is 10.4. The molecule has 154 valence electrons. The zero-order chi connectivity index (χ0) is 20.5. The van der Waals surface area contributed by atoms with Crippen LogP contribution in [-0.2, 0) is 17.7 Å². The summed E-state index contributed by atoms with van der Waals surface area (Å²) in [7, 11) is 1.66. The molecule has 0 atom stereocenters. The van der Waals surface area contributed by atoms with Crippen LogP contribution in [-0.4, -0.2) is 55.7 Å². The number of benzene rings is 2. The lowest BCUT2D eigenvalue weighted by Gasteiger charge is -2.30. The van der Waals surface area contributed by atoms with Crippen molar-refractivity contribution in [2.45, 2.75) is 13.0 Å². The molecule has 5 rings (SSSR count). The molecule has 2 aliphatic heterocycles. The molecule has 0 saturated carbocycles. The second-order valence-electron chi connectivity index (χ2n) is 7.71. The van der Waals surface area contributed by atoms with Crippen LogP contribution in [0.2, 0.25) is 0 Å². The number of nitrogens with zero attached hydrogens (tertiary/aromatic N) is 3. The van der Waals surface area contributed by atoms with Gasteiger partial charge in [-0.1, -0.05) is 24.3 Å². The van der Waals surface area contributed by atoms with Crippen LogP contribution in [0.15, 0.2) is 48.5 Å². The Labute approximate surface area is 176 Å². The summed E-state index contributed by atoms with van der Waals surface area (Å²) in [6.07, 6.45) is 0.722. The third-order valence-electron chi connectivity index (χ3n) is 5.96. The van der Waals surface area contributed by atoms with Gasteiger partial charge in [0.25, 0.3) is 5.91 Å². The van der Waals surface area contributed by atoms with E-state index in [0.29, 0.717) is 26.3 Å².